The van der Waals surface area contributed by atoms with Crippen LogP contribution >= 0.6 is 23.2 Å². The van der Waals surface area contributed by atoms with Crippen LogP contribution in [0.4, 0.5) is 11.4 Å². The van der Waals surface area contributed by atoms with Crippen LogP contribution in [0, 0.1) is 0 Å². The average Bonchev–Trinajstić information content (AvgIpc) is 2.79. The zero-order valence-electron chi connectivity index (χ0n) is 17.5. The first-order chi connectivity index (χ1) is 15.7. The van der Waals surface area contributed by atoms with Crippen LogP contribution in [-0.4, -0.2) is 27.2 Å². The van der Waals surface area contributed by atoms with Crippen molar-refractivity contribution in [3.63, 3.8) is 0 Å². The fourth-order valence-corrected chi connectivity index (χ4v) is 4.39. The maximum Gasteiger partial charge on any atom is 0.262 e. The number of methoxy groups -OCH3 is 1. The number of carbonyl (C=O) groups is 2. The van der Waals surface area contributed by atoms with Crippen LogP contribution in [0.15, 0.2) is 71.6 Å². The van der Waals surface area contributed by atoms with Crippen molar-refractivity contribution in [2.24, 2.45) is 0 Å². The number of rotatable bonds is 9. The highest BCUT2D eigenvalue weighted by Crippen LogP contribution is 2.30. The number of Topliss-reactive ketones (excluding diaryl/α,β-unsaturated/α-hetero) is 1. The lowest BCUT2D eigenvalue weighted by molar-refractivity contribution is -0.116. The Bertz CT molecular complexity index is 1280. The van der Waals surface area contributed by atoms with Gasteiger partial charge in [-0.1, -0.05) is 35.3 Å². The van der Waals surface area contributed by atoms with Crippen molar-refractivity contribution in [3.8, 4) is 5.75 Å². The fraction of sp³-hybridized carbons (Fsp3) is 0.130. The Labute approximate surface area is 201 Å². The van der Waals surface area contributed by atoms with E-state index >= 15 is 0 Å². The number of nitrogens with one attached hydrogen (secondary N) is 2. The molecule has 0 unspecified atom stereocenters. The second-order valence-electron chi connectivity index (χ2n) is 6.93. The van der Waals surface area contributed by atoms with Crippen molar-refractivity contribution in [1.29, 1.82) is 0 Å². The van der Waals surface area contributed by atoms with E-state index in [-0.39, 0.29) is 45.7 Å². The molecule has 0 atom stereocenters. The number of carbonyl (C=O) groups excluding carboxylic acids is 2. The summed E-state index contributed by atoms with van der Waals surface area (Å²) in [4.78, 5) is 24.6. The molecule has 3 rings (SSSR count). The molecule has 0 saturated carbocycles. The summed E-state index contributed by atoms with van der Waals surface area (Å²) in [5.74, 6) is -0.414. The summed E-state index contributed by atoms with van der Waals surface area (Å²) in [7, 11) is -2.60. The Hall–Kier alpha value is -3.07. The van der Waals surface area contributed by atoms with Crippen LogP contribution in [0.1, 0.15) is 23.2 Å². The molecule has 3 aromatic carbocycles. The minimum atomic E-state index is -3.99. The SMILES string of the molecule is COc1ccc(S(=O)(=O)Nc2ccccc2Cl)cc1NC(=O)CCC(=O)c1ccc(Cl)cc1. The summed E-state index contributed by atoms with van der Waals surface area (Å²) >= 11 is 11.9. The zero-order chi connectivity index (χ0) is 24.0. The molecule has 0 aliphatic carbocycles. The first-order valence-electron chi connectivity index (χ1n) is 9.73. The summed E-state index contributed by atoms with van der Waals surface area (Å²) in [6, 6.07) is 16.8. The smallest absolute Gasteiger partial charge is 0.262 e. The number of sulfonamides is 1. The van der Waals surface area contributed by atoms with E-state index in [4.69, 9.17) is 27.9 Å². The Kier molecular flexibility index (Phi) is 7.97. The number of para-hydroxylation sites is 1. The number of ketones is 1. The number of halogens is 2. The van der Waals surface area contributed by atoms with E-state index in [1.165, 1.54) is 31.4 Å². The molecule has 0 fully saturated rings. The molecule has 172 valence electrons. The summed E-state index contributed by atoms with van der Waals surface area (Å²) in [6.07, 6.45) is -0.124. The summed E-state index contributed by atoms with van der Waals surface area (Å²) in [5.41, 5.74) is 0.827. The molecule has 0 spiro atoms. The van der Waals surface area contributed by atoms with Gasteiger partial charge in [-0.3, -0.25) is 14.3 Å². The maximum atomic E-state index is 12.8. The summed E-state index contributed by atoms with van der Waals surface area (Å²) < 4.78 is 33.3. The Morgan fingerprint density at radius 3 is 2.27 bits per heavy atom. The van der Waals surface area contributed by atoms with Gasteiger partial charge in [-0.25, -0.2) is 8.42 Å². The Morgan fingerprint density at radius 1 is 0.909 bits per heavy atom. The molecule has 0 aliphatic heterocycles. The third kappa shape index (κ3) is 6.47. The van der Waals surface area contributed by atoms with Gasteiger partial charge in [0.05, 0.1) is 28.4 Å². The van der Waals surface area contributed by atoms with Crippen LogP contribution < -0.4 is 14.8 Å². The summed E-state index contributed by atoms with van der Waals surface area (Å²) in [6.45, 7) is 0. The van der Waals surface area contributed by atoms with Crippen LogP contribution in [0.2, 0.25) is 10.0 Å². The lowest BCUT2D eigenvalue weighted by Crippen LogP contribution is -2.16. The van der Waals surface area contributed by atoms with Gasteiger partial charge in [0.15, 0.2) is 5.78 Å². The molecule has 2 N–H and O–H groups in total. The monoisotopic (exact) mass is 506 g/mol. The highest BCUT2D eigenvalue weighted by Gasteiger charge is 2.19. The van der Waals surface area contributed by atoms with Gasteiger partial charge in [-0.2, -0.15) is 0 Å². The molecule has 0 aliphatic rings. The summed E-state index contributed by atoms with van der Waals surface area (Å²) in [5, 5.41) is 3.36. The molecule has 0 saturated heterocycles. The molecule has 0 heterocycles. The number of anilines is 2. The van der Waals surface area contributed by atoms with Gasteiger partial charge < -0.3 is 10.1 Å². The highest BCUT2D eigenvalue weighted by atomic mass is 35.5. The van der Waals surface area contributed by atoms with Crippen LogP contribution in [0.25, 0.3) is 0 Å². The second-order valence-corrected chi connectivity index (χ2v) is 9.45. The number of hydrogen-bond donors (Lipinski definition) is 2. The van der Waals surface area contributed by atoms with Crippen molar-refractivity contribution in [1.82, 2.24) is 0 Å². The minimum Gasteiger partial charge on any atom is -0.495 e. The van der Waals surface area contributed by atoms with E-state index in [0.29, 0.717) is 10.6 Å². The van der Waals surface area contributed by atoms with E-state index in [1.54, 1.807) is 42.5 Å². The molecule has 0 radical (unpaired) electrons. The first-order valence-corrected chi connectivity index (χ1v) is 12.0. The quantitative estimate of drug-likeness (QED) is 0.378. The molecule has 0 aromatic heterocycles. The van der Waals surface area contributed by atoms with Gasteiger partial charge in [0, 0.05) is 23.4 Å². The normalized spacial score (nSPS) is 11.0. The number of amides is 1. The predicted octanol–water partition coefficient (Wildman–Crippen LogP) is 5.40. The lowest BCUT2D eigenvalue weighted by atomic mass is 10.1. The van der Waals surface area contributed by atoms with Gasteiger partial charge in [-0.15, -0.1) is 0 Å². The largest absolute Gasteiger partial charge is 0.495 e. The second kappa shape index (κ2) is 10.7. The van der Waals surface area contributed by atoms with Crippen molar-refractivity contribution in [3.05, 3.63) is 82.3 Å². The fourth-order valence-electron chi connectivity index (χ4n) is 2.92. The molecule has 10 heteroatoms. The van der Waals surface area contributed by atoms with E-state index in [2.05, 4.69) is 10.0 Å². The zero-order valence-corrected chi connectivity index (χ0v) is 19.8. The Balaban J connectivity index is 1.72. The average molecular weight is 507 g/mol. The number of ether oxygens (including phenoxy) is 1. The van der Waals surface area contributed by atoms with E-state index in [1.807, 2.05) is 0 Å². The van der Waals surface area contributed by atoms with Crippen LogP contribution in [0.5, 0.6) is 5.75 Å². The van der Waals surface area contributed by atoms with Crippen LogP contribution in [-0.2, 0) is 14.8 Å². The number of benzene rings is 3. The van der Waals surface area contributed by atoms with Gasteiger partial charge in [0.25, 0.3) is 10.0 Å². The maximum absolute atomic E-state index is 12.8. The first kappa shape index (κ1) is 24.6. The lowest BCUT2D eigenvalue weighted by Gasteiger charge is -2.14. The van der Waals surface area contributed by atoms with Gasteiger partial charge >= 0.3 is 0 Å². The topological polar surface area (TPSA) is 102 Å². The minimum absolute atomic E-state index is 0.0260. The molecule has 7 nitrogen and oxygen atoms in total. The van der Waals surface area contributed by atoms with Crippen LogP contribution in [0.3, 0.4) is 0 Å². The Morgan fingerprint density at radius 2 is 1.61 bits per heavy atom. The molecular weight excluding hydrogens is 487 g/mol. The van der Waals surface area contributed by atoms with E-state index in [0.717, 1.165) is 0 Å². The van der Waals surface area contributed by atoms with Gasteiger partial charge in [0.2, 0.25) is 5.91 Å². The number of hydrogen-bond acceptors (Lipinski definition) is 5. The molecular formula is C23H20Cl2N2O5S. The van der Waals surface area contributed by atoms with Gasteiger partial charge in [0.1, 0.15) is 5.75 Å². The predicted molar refractivity (Wildman–Crippen MR) is 129 cm³/mol. The third-order valence-corrected chi connectivity index (χ3v) is 6.56. The third-order valence-electron chi connectivity index (χ3n) is 4.62. The van der Waals surface area contributed by atoms with Crippen molar-refractivity contribution in [2.75, 3.05) is 17.1 Å². The highest BCUT2D eigenvalue weighted by molar-refractivity contribution is 7.92. The van der Waals surface area contributed by atoms with Crippen molar-refractivity contribution in [2.45, 2.75) is 17.7 Å². The van der Waals surface area contributed by atoms with Gasteiger partial charge in [-0.05, 0) is 54.6 Å². The van der Waals surface area contributed by atoms with Crippen molar-refractivity contribution < 1.29 is 22.7 Å². The standard InChI is InChI=1S/C23H20Cl2N2O5S/c1-32-22-12-10-17(33(30,31)27-19-5-3-2-4-18(19)25)14-20(22)26-23(29)13-11-21(28)15-6-8-16(24)9-7-15/h2-10,12,14,27H,11,13H2,1H3,(H,26,29). The molecule has 33 heavy (non-hydrogen) atoms. The van der Waals surface area contributed by atoms with Crippen molar-refractivity contribution >= 4 is 56.3 Å². The molecule has 3 aromatic rings. The molecule has 0 bridgehead atoms. The van der Waals surface area contributed by atoms with E-state index < -0.39 is 15.9 Å². The van der Waals surface area contributed by atoms with E-state index in [9.17, 15) is 18.0 Å². The molecule has 1 amide bonds.